The molecule has 1 saturated carbocycles. The maximum absolute atomic E-state index is 11.5. The first-order chi connectivity index (χ1) is 8.24. The highest BCUT2D eigenvalue weighted by Gasteiger charge is 2.20. The summed E-state index contributed by atoms with van der Waals surface area (Å²) in [6, 6.07) is -0.345. The van der Waals surface area contributed by atoms with Crippen LogP contribution in [-0.2, 0) is 9.53 Å². The van der Waals surface area contributed by atoms with E-state index >= 15 is 0 Å². The fourth-order valence-electron chi connectivity index (χ4n) is 1.61. The fourth-order valence-corrected chi connectivity index (χ4v) is 1.61. The lowest BCUT2D eigenvalue weighted by Gasteiger charge is -2.11. The van der Waals surface area contributed by atoms with E-state index in [1.165, 1.54) is 12.8 Å². The standard InChI is InChI=1S/C13H26N2O2/c1-2-3-5-12(14)13(16)15-8-4-9-17-10-11-6-7-11/h11-12H,2-10,14H2,1H3,(H,15,16). The summed E-state index contributed by atoms with van der Waals surface area (Å²) >= 11 is 0. The van der Waals surface area contributed by atoms with Gasteiger partial charge in [-0.2, -0.15) is 0 Å². The molecule has 0 bridgehead atoms. The van der Waals surface area contributed by atoms with Gasteiger partial charge in [-0.25, -0.2) is 0 Å². The number of nitrogens with one attached hydrogen (secondary N) is 1. The third-order valence-electron chi connectivity index (χ3n) is 3.02. The van der Waals surface area contributed by atoms with Crippen LogP contribution >= 0.6 is 0 Å². The largest absolute Gasteiger partial charge is 0.381 e. The van der Waals surface area contributed by atoms with Crippen LogP contribution in [0.15, 0.2) is 0 Å². The zero-order chi connectivity index (χ0) is 12.5. The highest BCUT2D eigenvalue weighted by Crippen LogP contribution is 2.28. The Balaban J connectivity index is 1.87. The summed E-state index contributed by atoms with van der Waals surface area (Å²) in [6.45, 7) is 4.40. The molecule has 1 amide bonds. The Morgan fingerprint density at radius 2 is 2.24 bits per heavy atom. The Kier molecular flexibility index (Phi) is 7.21. The molecule has 4 heteroatoms. The van der Waals surface area contributed by atoms with E-state index in [9.17, 15) is 4.79 Å². The van der Waals surface area contributed by atoms with Gasteiger partial charge in [-0.3, -0.25) is 4.79 Å². The van der Waals surface area contributed by atoms with E-state index in [0.29, 0.717) is 6.54 Å². The van der Waals surface area contributed by atoms with Crippen LogP contribution in [0.1, 0.15) is 45.4 Å². The second-order valence-electron chi connectivity index (χ2n) is 4.91. The highest BCUT2D eigenvalue weighted by molar-refractivity contribution is 5.81. The average molecular weight is 242 g/mol. The molecule has 100 valence electrons. The molecular weight excluding hydrogens is 216 g/mol. The summed E-state index contributed by atoms with van der Waals surface area (Å²) in [5.41, 5.74) is 5.75. The van der Waals surface area contributed by atoms with E-state index in [4.69, 9.17) is 10.5 Å². The maximum atomic E-state index is 11.5. The molecule has 1 unspecified atom stereocenters. The van der Waals surface area contributed by atoms with E-state index < -0.39 is 0 Å². The normalized spacial score (nSPS) is 16.8. The number of rotatable bonds is 10. The van der Waals surface area contributed by atoms with Gasteiger partial charge in [0.05, 0.1) is 6.04 Å². The van der Waals surface area contributed by atoms with Crippen molar-refractivity contribution in [3.63, 3.8) is 0 Å². The van der Waals surface area contributed by atoms with Crippen LogP contribution in [0, 0.1) is 5.92 Å². The van der Waals surface area contributed by atoms with E-state index in [1.54, 1.807) is 0 Å². The Morgan fingerprint density at radius 1 is 1.47 bits per heavy atom. The molecule has 1 aliphatic carbocycles. The van der Waals surface area contributed by atoms with Crippen molar-refractivity contribution in [1.82, 2.24) is 5.32 Å². The van der Waals surface area contributed by atoms with Crippen molar-refractivity contribution in [3.8, 4) is 0 Å². The molecule has 0 radical (unpaired) electrons. The lowest BCUT2D eigenvalue weighted by atomic mass is 10.1. The van der Waals surface area contributed by atoms with E-state index in [2.05, 4.69) is 12.2 Å². The highest BCUT2D eigenvalue weighted by atomic mass is 16.5. The number of hydrogen-bond acceptors (Lipinski definition) is 3. The maximum Gasteiger partial charge on any atom is 0.236 e. The van der Waals surface area contributed by atoms with Gasteiger partial charge in [-0.15, -0.1) is 0 Å². The van der Waals surface area contributed by atoms with Crippen molar-refractivity contribution in [2.45, 2.75) is 51.5 Å². The van der Waals surface area contributed by atoms with Crippen molar-refractivity contribution in [2.75, 3.05) is 19.8 Å². The molecule has 0 saturated heterocycles. The number of hydrogen-bond donors (Lipinski definition) is 2. The molecule has 0 aromatic carbocycles. The molecule has 0 aromatic rings. The first-order valence-corrected chi connectivity index (χ1v) is 6.85. The minimum atomic E-state index is -0.345. The predicted molar refractivity (Wildman–Crippen MR) is 68.7 cm³/mol. The van der Waals surface area contributed by atoms with Gasteiger partial charge >= 0.3 is 0 Å². The number of amides is 1. The predicted octanol–water partition coefficient (Wildman–Crippen LogP) is 1.44. The molecular formula is C13H26N2O2. The lowest BCUT2D eigenvalue weighted by molar-refractivity contribution is -0.122. The summed E-state index contributed by atoms with van der Waals surface area (Å²) < 4.78 is 5.48. The quantitative estimate of drug-likeness (QED) is 0.570. The van der Waals surface area contributed by atoms with Crippen LogP contribution in [0.3, 0.4) is 0 Å². The minimum Gasteiger partial charge on any atom is -0.381 e. The third kappa shape index (κ3) is 7.34. The molecule has 0 aromatic heterocycles. The van der Waals surface area contributed by atoms with E-state index in [-0.39, 0.29) is 11.9 Å². The molecule has 1 aliphatic rings. The van der Waals surface area contributed by atoms with Gasteiger partial charge in [0.15, 0.2) is 0 Å². The van der Waals surface area contributed by atoms with Gasteiger partial charge < -0.3 is 15.8 Å². The Labute approximate surface area is 104 Å². The molecule has 1 atom stereocenters. The topological polar surface area (TPSA) is 64.4 Å². The number of carbonyl (C=O) groups excluding carboxylic acids is 1. The SMILES string of the molecule is CCCCC(N)C(=O)NCCCOCC1CC1. The number of unbranched alkanes of at least 4 members (excludes halogenated alkanes) is 1. The van der Waals surface area contributed by atoms with Crippen LogP contribution in [0.2, 0.25) is 0 Å². The Morgan fingerprint density at radius 3 is 2.88 bits per heavy atom. The van der Waals surface area contributed by atoms with Crippen LogP contribution in [0.25, 0.3) is 0 Å². The second-order valence-corrected chi connectivity index (χ2v) is 4.91. The molecule has 0 heterocycles. The second kappa shape index (κ2) is 8.48. The summed E-state index contributed by atoms with van der Waals surface area (Å²) in [5.74, 6) is 0.785. The molecule has 3 N–H and O–H groups in total. The van der Waals surface area contributed by atoms with Crippen LogP contribution in [0.5, 0.6) is 0 Å². The summed E-state index contributed by atoms with van der Waals surface area (Å²) in [5, 5.41) is 2.85. The summed E-state index contributed by atoms with van der Waals surface area (Å²) in [7, 11) is 0. The zero-order valence-corrected chi connectivity index (χ0v) is 10.9. The van der Waals surface area contributed by atoms with Gasteiger partial charge in [-0.05, 0) is 31.6 Å². The first-order valence-electron chi connectivity index (χ1n) is 6.85. The summed E-state index contributed by atoms with van der Waals surface area (Å²) in [4.78, 5) is 11.5. The Hall–Kier alpha value is -0.610. The smallest absolute Gasteiger partial charge is 0.236 e. The van der Waals surface area contributed by atoms with Crippen LogP contribution in [0.4, 0.5) is 0 Å². The van der Waals surface area contributed by atoms with Crippen molar-refractivity contribution in [1.29, 1.82) is 0 Å². The number of ether oxygens (including phenoxy) is 1. The fraction of sp³-hybridized carbons (Fsp3) is 0.923. The molecule has 1 rings (SSSR count). The average Bonchev–Trinajstić information content (AvgIpc) is 3.14. The third-order valence-corrected chi connectivity index (χ3v) is 3.02. The van der Waals surface area contributed by atoms with Gasteiger partial charge in [-0.1, -0.05) is 19.8 Å². The molecule has 0 aliphatic heterocycles. The molecule has 0 spiro atoms. The van der Waals surface area contributed by atoms with Gasteiger partial charge in [0, 0.05) is 19.8 Å². The van der Waals surface area contributed by atoms with Crippen molar-refractivity contribution < 1.29 is 9.53 Å². The van der Waals surface area contributed by atoms with Crippen LogP contribution < -0.4 is 11.1 Å². The number of carbonyl (C=O) groups is 1. The van der Waals surface area contributed by atoms with Crippen molar-refractivity contribution in [3.05, 3.63) is 0 Å². The summed E-state index contributed by atoms with van der Waals surface area (Å²) in [6.07, 6.45) is 6.39. The first kappa shape index (κ1) is 14.5. The van der Waals surface area contributed by atoms with Gasteiger partial charge in [0.2, 0.25) is 5.91 Å². The number of nitrogens with two attached hydrogens (primary N) is 1. The Bertz CT molecular complexity index is 217. The van der Waals surface area contributed by atoms with Gasteiger partial charge in [0.25, 0.3) is 0 Å². The molecule has 17 heavy (non-hydrogen) atoms. The van der Waals surface area contributed by atoms with Crippen molar-refractivity contribution in [2.24, 2.45) is 11.7 Å². The van der Waals surface area contributed by atoms with Crippen LogP contribution in [-0.4, -0.2) is 31.7 Å². The molecule has 1 fully saturated rings. The van der Waals surface area contributed by atoms with E-state index in [1.807, 2.05) is 0 Å². The van der Waals surface area contributed by atoms with Gasteiger partial charge in [0.1, 0.15) is 0 Å². The zero-order valence-electron chi connectivity index (χ0n) is 10.9. The minimum absolute atomic E-state index is 0.0272. The molecule has 4 nitrogen and oxygen atoms in total. The van der Waals surface area contributed by atoms with Crippen molar-refractivity contribution >= 4 is 5.91 Å². The monoisotopic (exact) mass is 242 g/mol. The lowest BCUT2D eigenvalue weighted by Crippen LogP contribution is -2.41. The van der Waals surface area contributed by atoms with E-state index in [0.717, 1.165) is 44.8 Å².